The summed E-state index contributed by atoms with van der Waals surface area (Å²) in [6, 6.07) is 6.84. The predicted octanol–water partition coefficient (Wildman–Crippen LogP) is 2.52. The molecule has 1 atom stereocenters. The average molecular weight is 221 g/mol. The van der Waals surface area contributed by atoms with E-state index in [9.17, 15) is 0 Å². The fraction of sp³-hybridized carbons (Fsp3) is 0.538. The molecule has 0 saturated heterocycles. The molecule has 0 amide bonds. The molecule has 2 rings (SSSR count). The van der Waals surface area contributed by atoms with Gasteiger partial charge in [-0.05, 0) is 18.2 Å². The molecule has 1 heterocycles. The maximum absolute atomic E-state index is 5.64. The minimum Gasteiger partial charge on any atom is -0.497 e. The molecule has 1 aromatic rings. The lowest BCUT2D eigenvalue weighted by atomic mass is 9.99. The van der Waals surface area contributed by atoms with Crippen molar-refractivity contribution in [1.29, 1.82) is 0 Å². The van der Waals surface area contributed by atoms with Crippen LogP contribution in [-0.2, 0) is 0 Å². The Morgan fingerprint density at radius 2 is 2.25 bits per heavy atom. The highest BCUT2D eigenvalue weighted by molar-refractivity contribution is 5.43. The minimum atomic E-state index is 0.374. The largest absolute Gasteiger partial charge is 0.497 e. The van der Waals surface area contributed by atoms with E-state index in [0.29, 0.717) is 12.1 Å². The van der Waals surface area contributed by atoms with Gasteiger partial charge in [-0.3, -0.25) is 0 Å². The molecule has 1 unspecified atom stereocenters. The number of hydrogen-bond donors (Lipinski definition) is 1. The Morgan fingerprint density at radius 3 is 2.94 bits per heavy atom. The van der Waals surface area contributed by atoms with Crippen molar-refractivity contribution in [2.24, 2.45) is 0 Å². The molecule has 16 heavy (non-hydrogen) atoms. The number of benzene rings is 1. The lowest BCUT2D eigenvalue weighted by Crippen LogP contribution is -2.31. The molecule has 1 aliphatic rings. The Balaban J connectivity index is 2.28. The van der Waals surface area contributed by atoms with Gasteiger partial charge in [0.05, 0.1) is 13.7 Å². The molecule has 0 radical (unpaired) electrons. The summed E-state index contributed by atoms with van der Waals surface area (Å²) in [5, 5.41) is 3.55. The Labute approximate surface area is 96.8 Å². The normalized spacial score (nSPS) is 19.1. The van der Waals surface area contributed by atoms with Crippen molar-refractivity contribution in [2.75, 3.05) is 13.7 Å². The zero-order chi connectivity index (χ0) is 11.5. The standard InChI is InChI=1S/C13H19NO2/c1-9(2)14-12-6-7-16-13-5-4-10(15-3)8-11(12)13/h4-5,8-9,12,14H,6-7H2,1-3H3. The summed E-state index contributed by atoms with van der Waals surface area (Å²) in [6.07, 6.45) is 1.01. The van der Waals surface area contributed by atoms with E-state index in [2.05, 4.69) is 25.2 Å². The summed E-state index contributed by atoms with van der Waals surface area (Å²) < 4.78 is 10.9. The molecular weight excluding hydrogens is 202 g/mol. The summed E-state index contributed by atoms with van der Waals surface area (Å²) in [6.45, 7) is 5.11. The summed E-state index contributed by atoms with van der Waals surface area (Å²) in [4.78, 5) is 0. The van der Waals surface area contributed by atoms with E-state index in [1.165, 1.54) is 5.56 Å². The second-order valence-corrected chi connectivity index (χ2v) is 4.41. The van der Waals surface area contributed by atoms with Gasteiger partial charge in [0, 0.05) is 24.1 Å². The lowest BCUT2D eigenvalue weighted by Gasteiger charge is -2.28. The molecule has 0 bridgehead atoms. The molecule has 1 aromatic carbocycles. The third kappa shape index (κ3) is 2.30. The predicted molar refractivity (Wildman–Crippen MR) is 64.1 cm³/mol. The summed E-state index contributed by atoms with van der Waals surface area (Å²) in [5.74, 6) is 1.87. The number of fused-ring (bicyclic) bond motifs is 1. The van der Waals surface area contributed by atoms with Gasteiger partial charge < -0.3 is 14.8 Å². The van der Waals surface area contributed by atoms with Crippen LogP contribution in [-0.4, -0.2) is 19.8 Å². The molecule has 0 aromatic heterocycles. The highest BCUT2D eigenvalue weighted by Crippen LogP contribution is 2.34. The summed E-state index contributed by atoms with van der Waals surface area (Å²) in [5.41, 5.74) is 1.21. The molecule has 0 aliphatic carbocycles. The Hall–Kier alpha value is -1.22. The van der Waals surface area contributed by atoms with Crippen molar-refractivity contribution in [3.8, 4) is 11.5 Å². The first kappa shape index (κ1) is 11.3. The van der Waals surface area contributed by atoms with Gasteiger partial charge in [0.25, 0.3) is 0 Å². The van der Waals surface area contributed by atoms with Gasteiger partial charge in [0.2, 0.25) is 0 Å². The van der Waals surface area contributed by atoms with Gasteiger partial charge in [-0.1, -0.05) is 13.8 Å². The van der Waals surface area contributed by atoms with Crippen LogP contribution in [0.15, 0.2) is 18.2 Å². The Kier molecular flexibility index (Phi) is 3.34. The quantitative estimate of drug-likeness (QED) is 0.850. The zero-order valence-corrected chi connectivity index (χ0v) is 10.1. The number of ether oxygens (including phenoxy) is 2. The highest BCUT2D eigenvalue weighted by atomic mass is 16.5. The second kappa shape index (κ2) is 4.74. The molecule has 1 aliphatic heterocycles. The van der Waals surface area contributed by atoms with E-state index in [-0.39, 0.29) is 0 Å². The number of hydrogen-bond acceptors (Lipinski definition) is 3. The van der Waals surface area contributed by atoms with Gasteiger partial charge in [-0.25, -0.2) is 0 Å². The smallest absolute Gasteiger partial charge is 0.124 e. The fourth-order valence-electron chi connectivity index (χ4n) is 2.07. The van der Waals surface area contributed by atoms with Gasteiger partial charge in [0.1, 0.15) is 11.5 Å². The van der Waals surface area contributed by atoms with E-state index < -0.39 is 0 Å². The number of rotatable bonds is 3. The first-order valence-corrected chi connectivity index (χ1v) is 5.77. The fourth-order valence-corrected chi connectivity index (χ4v) is 2.07. The zero-order valence-electron chi connectivity index (χ0n) is 10.1. The highest BCUT2D eigenvalue weighted by Gasteiger charge is 2.22. The average Bonchev–Trinajstić information content (AvgIpc) is 2.28. The molecule has 3 heteroatoms. The van der Waals surface area contributed by atoms with Crippen molar-refractivity contribution in [1.82, 2.24) is 5.32 Å². The SMILES string of the molecule is COc1ccc2c(c1)C(NC(C)C)CCO2. The monoisotopic (exact) mass is 221 g/mol. The van der Waals surface area contributed by atoms with Gasteiger partial charge in [0.15, 0.2) is 0 Å². The molecule has 0 saturated carbocycles. The summed E-state index contributed by atoms with van der Waals surface area (Å²) >= 11 is 0. The van der Waals surface area contributed by atoms with Crippen LogP contribution < -0.4 is 14.8 Å². The van der Waals surface area contributed by atoms with E-state index in [4.69, 9.17) is 9.47 Å². The molecular formula is C13H19NO2. The van der Waals surface area contributed by atoms with Crippen LogP contribution in [0.2, 0.25) is 0 Å². The van der Waals surface area contributed by atoms with Crippen LogP contribution in [0.3, 0.4) is 0 Å². The van der Waals surface area contributed by atoms with E-state index >= 15 is 0 Å². The minimum absolute atomic E-state index is 0.374. The Bertz CT molecular complexity index is 363. The molecule has 0 fully saturated rings. The van der Waals surface area contributed by atoms with Gasteiger partial charge >= 0.3 is 0 Å². The van der Waals surface area contributed by atoms with E-state index in [0.717, 1.165) is 24.5 Å². The van der Waals surface area contributed by atoms with Crippen molar-refractivity contribution in [3.05, 3.63) is 23.8 Å². The van der Waals surface area contributed by atoms with Crippen LogP contribution >= 0.6 is 0 Å². The topological polar surface area (TPSA) is 30.5 Å². The maximum atomic E-state index is 5.64. The van der Waals surface area contributed by atoms with Gasteiger partial charge in [-0.2, -0.15) is 0 Å². The van der Waals surface area contributed by atoms with Crippen LogP contribution in [0.4, 0.5) is 0 Å². The Morgan fingerprint density at radius 1 is 1.44 bits per heavy atom. The third-order valence-corrected chi connectivity index (χ3v) is 2.79. The van der Waals surface area contributed by atoms with Crippen LogP contribution in [0.1, 0.15) is 31.9 Å². The molecule has 3 nitrogen and oxygen atoms in total. The second-order valence-electron chi connectivity index (χ2n) is 4.41. The first-order valence-electron chi connectivity index (χ1n) is 5.77. The molecule has 88 valence electrons. The third-order valence-electron chi connectivity index (χ3n) is 2.79. The van der Waals surface area contributed by atoms with Crippen molar-refractivity contribution in [2.45, 2.75) is 32.4 Å². The van der Waals surface area contributed by atoms with E-state index in [1.807, 2.05) is 12.1 Å². The van der Waals surface area contributed by atoms with Crippen molar-refractivity contribution in [3.63, 3.8) is 0 Å². The van der Waals surface area contributed by atoms with Crippen molar-refractivity contribution >= 4 is 0 Å². The van der Waals surface area contributed by atoms with E-state index in [1.54, 1.807) is 7.11 Å². The maximum Gasteiger partial charge on any atom is 0.124 e. The van der Waals surface area contributed by atoms with Crippen LogP contribution in [0.5, 0.6) is 11.5 Å². The first-order chi connectivity index (χ1) is 7.70. The van der Waals surface area contributed by atoms with Crippen molar-refractivity contribution < 1.29 is 9.47 Å². The van der Waals surface area contributed by atoms with Crippen LogP contribution in [0, 0.1) is 0 Å². The lowest BCUT2D eigenvalue weighted by molar-refractivity contribution is 0.246. The van der Waals surface area contributed by atoms with Gasteiger partial charge in [-0.15, -0.1) is 0 Å². The number of methoxy groups -OCH3 is 1. The molecule has 1 N–H and O–H groups in total. The van der Waals surface area contributed by atoms with Crippen LogP contribution in [0.25, 0.3) is 0 Å². The molecule has 0 spiro atoms. The summed E-state index contributed by atoms with van der Waals surface area (Å²) in [7, 11) is 1.69. The number of nitrogens with one attached hydrogen (secondary N) is 1.